The summed E-state index contributed by atoms with van der Waals surface area (Å²) in [5.74, 6) is 0.842. The molecule has 368 valence electrons. The molecule has 18 heteroatoms. The van der Waals surface area contributed by atoms with Gasteiger partial charge >= 0.3 is 0 Å². The molecule has 70 heavy (non-hydrogen) atoms. The van der Waals surface area contributed by atoms with Crippen LogP contribution in [0.4, 0.5) is 28.4 Å². The van der Waals surface area contributed by atoms with Crippen molar-refractivity contribution in [2.24, 2.45) is 11.3 Å². The maximum absolute atomic E-state index is 14.7. The Morgan fingerprint density at radius 2 is 1.71 bits per heavy atom. The van der Waals surface area contributed by atoms with Crippen LogP contribution >= 0.6 is 0 Å². The first-order valence-corrected chi connectivity index (χ1v) is 26.6. The van der Waals surface area contributed by atoms with Crippen LogP contribution in [0.25, 0.3) is 11.0 Å². The second kappa shape index (κ2) is 18.0. The molecule has 5 fully saturated rings. The highest BCUT2D eigenvalue weighted by Gasteiger charge is 2.54. The predicted molar refractivity (Wildman–Crippen MR) is 264 cm³/mol. The molecule has 3 N–H and O–H groups in total. The summed E-state index contributed by atoms with van der Waals surface area (Å²) in [4.78, 5) is 41.3. The molecule has 0 unspecified atom stereocenters. The second-order valence-corrected chi connectivity index (χ2v) is 22.2. The number of nitro benzene ring substituents is 1. The van der Waals surface area contributed by atoms with Crippen LogP contribution in [0.15, 0.2) is 83.9 Å². The van der Waals surface area contributed by atoms with Gasteiger partial charge in [-0.2, -0.15) is 4.98 Å². The number of H-pyrrole nitrogens is 1. The Kier molecular flexibility index (Phi) is 11.6. The van der Waals surface area contributed by atoms with Crippen molar-refractivity contribution >= 4 is 55.4 Å². The van der Waals surface area contributed by atoms with Crippen LogP contribution in [0.1, 0.15) is 86.6 Å². The molecule has 2 aromatic heterocycles. The third-order valence-electron chi connectivity index (χ3n) is 16.6. The molecule has 7 aliphatic rings. The second-order valence-electron chi connectivity index (χ2n) is 20.5. The van der Waals surface area contributed by atoms with Crippen molar-refractivity contribution in [3.05, 3.63) is 100 Å². The molecule has 1 saturated carbocycles. The van der Waals surface area contributed by atoms with Crippen LogP contribution < -0.4 is 29.3 Å². The summed E-state index contributed by atoms with van der Waals surface area (Å²) in [7, 11) is -4.60. The van der Waals surface area contributed by atoms with Crippen molar-refractivity contribution in [3.8, 4) is 11.6 Å². The molecule has 0 radical (unpaired) electrons. The van der Waals surface area contributed by atoms with E-state index in [0.717, 1.165) is 81.2 Å². The predicted octanol–water partition coefficient (Wildman–Crippen LogP) is 8.03. The Bertz CT molecular complexity index is 2930. The van der Waals surface area contributed by atoms with Crippen LogP contribution in [0, 0.1) is 21.4 Å². The van der Waals surface area contributed by atoms with Gasteiger partial charge in [-0.15, -0.1) is 0 Å². The summed E-state index contributed by atoms with van der Waals surface area (Å²) in [6.45, 7) is 6.10. The summed E-state index contributed by atoms with van der Waals surface area (Å²) in [6, 6.07) is 22.0. The fraction of sp³-hybridized carbons (Fsp3) is 0.500. The monoisotopic (exact) mass is 972 g/mol. The van der Waals surface area contributed by atoms with Crippen LogP contribution in [-0.4, -0.2) is 112 Å². The fourth-order valence-electron chi connectivity index (χ4n) is 12.8. The maximum atomic E-state index is 14.7. The molecule has 3 aromatic carbocycles. The first kappa shape index (κ1) is 45.2. The van der Waals surface area contributed by atoms with E-state index < -0.39 is 31.4 Å². The molecule has 1 aliphatic carbocycles. The minimum atomic E-state index is -4.60. The molecule has 1 amide bonds. The fourth-order valence-corrected chi connectivity index (χ4v) is 13.8. The Labute approximate surface area is 407 Å². The third kappa shape index (κ3) is 8.09. The van der Waals surface area contributed by atoms with Gasteiger partial charge in [-0.1, -0.05) is 18.2 Å². The number of nitro groups is 1. The summed E-state index contributed by atoms with van der Waals surface area (Å²) >= 11 is 0. The largest absolute Gasteiger partial charge is 0.493 e. The van der Waals surface area contributed by atoms with E-state index in [9.17, 15) is 23.3 Å². The zero-order chi connectivity index (χ0) is 47.6. The first-order valence-electron chi connectivity index (χ1n) is 25.1. The zero-order valence-electron chi connectivity index (χ0n) is 39.3. The number of piperidine rings is 2. The average molecular weight is 973 g/mol. The number of para-hydroxylation sites is 1. The van der Waals surface area contributed by atoms with Gasteiger partial charge < -0.3 is 39.0 Å². The van der Waals surface area contributed by atoms with Crippen LogP contribution in [0.3, 0.4) is 0 Å². The number of nitrogens with zero attached hydrogens (tertiary/aromatic N) is 5. The van der Waals surface area contributed by atoms with E-state index in [1.807, 2.05) is 35.4 Å². The Morgan fingerprint density at radius 1 is 0.886 bits per heavy atom. The smallest absolute Gasteiger partial charge is 0.293 e. The summed E-state index contributed by atoms with van der Waals surface area (Å²) < 4.78 is 54.8. The lowest BCUT2D eigenvalue weighted by molar-refractivity contribution is -0.384. The van der Waals surface area contributed by atoms with Crippen LogP contribution in [0.5, 0.6) is 11.6 Å². The number of likely N-dealkylation sites (tertiary alicyclic amines) is 1. The number of benzene rings is 3. The minimum Gasteiger partial charge on any atom is -0.493 e. The number of anilines is 4. The number of ether oxygens (including phenoxy) is 4. The van der Waals surface area contributed by atoms with Gasteiger partial charge in [-0.3, -0.25) is 19.8 Å². The highest BCUT2D eigenvalue weighted by molar-refractivity contribution is 7.90. The van der Waals surface area contributed by atoms with Crippen molar-refractivity contribution in [2.45, 2.75) is 99.3 Å². The molecule has 8 heterocycles. The van der Waals surface area contributed by atoms with Gasteiger partial charge in [-0.25, -0.2) is 13.1 Å². The highest BCUT2D eigenvalue weighted by atomic mass is 32.2. The topological polar surface area (TPSA) is 194 Å². The first-order chi connectivity index (χ1) is 34.1. The number of sulfonamides is 1. The summed E-state index contributed by atoms with van der Waals surface area (Å²) in [6.07, 6.45) is 12.8. The van der Waals surface area contributed by atoms with Gasteiger partial charge in [-0.05, 0) is 124 Å². The molecular formula is C52H60N8O9S. The highest BCUT2D eigenvalue weighted by Crippen LogP contribution is 2.57. The lowest BCUT2D eigenvalue weighted by Crippen LogP contribution is -2.62. The average Bonchev–Trinajstić information content (AvgIpc) is 3.84. The molecule has 2 spiro atoms. The summed E-state index contributed by atoms with van der Waals surface area (Å²) in [5, 5.41) is 16.3. The number of carbonyl (C=O) groups excluding carboxylic acids is 1. The Morgan fingerprint density at radius 3 is 2.56 bits per heavy atom. The van der Waals surface area contributed by atoms with Gasteiger partial charge in [0.25, 0.3) is 21.6 Å². The molecular weight excluding hydrogens is 913 g/mol. The van der Waals surface area contributed by atoms with Gasteiger partial charge in [0, 0.05) is 80.6 Å². The summed E-state index contributed by atoms with van der Waals surface area (Å²) in [5.41, 5.74) is 4.29. The standard InChI is InChI=1S/C52H60N8O9S/c61-49(56-70(64,65)38-8-10-41(43(29-38)60(62)63)54-32-34-12-23-66-24-13-34)39-9-7-36(28-42(39)59-44-27-35-11-19-53-48(35)55-50(44)69-47-14-25-67-33-45(47)59)57-21-16-51(17-22-57)30-37(31-51)58-20-4-3-15-52(58)18-26-68-46-6-2-1-5-40(46)52/h1-2,5-11,19,27-29,34,37,45,47,54H,3-4,12-18,20-26,30-33H2,(H,53,55)(H,56,61)/t45-,47-,52-/m1/s1. The van der Waals surface area contributed by atoms with Crippen molar-refractivity contribution < 1.29 is 37.1 Å². The quantitative estimate of drug-likeness (QED) is 0.0900. The number of fused-ring (bicyclic) bond motifs is 5. The zero-order valence-corrected chi connectivity index (χ0v) is 40.1. The lowest BCUT2D eigenvalue weighted by atomic mass is 9.58. The lowest BCUT2D eigenvalue weighted by Gasteiger charge is -2.61. The number of hydrogen-bond donors (Lipinski definition) is 3. The van der Waals surface area contributed by atoms with E-state index >= 15 is 0 Å². The van der Waals surface area contributed by atoms with Gasteiger partial charge in [0.15, 0.2) is 0 Å². The van der Waals surface area contributed by atoms with Crippen LogP contribution in [-0.2, 0) is 25.0 Å². The number of hydrogen-bond acceptors (Lipinski definition) is 14. The van der Waals surface area contributed by atoms with E-state index in [1.165, 1.54) is 49.8 Å². The minimum absolute atomic E-state index is 0.0391. The molecule has 12 rings (SSSR count). The number of amides is 1. The normalized spacial score (nSPS) is 24.7. The van der Waals surface area contributed by atoms with E-state index in [-0.39, 0.29) is 40.3 Å². The van der Waals surface area contributed by atoms with Crippen molar-refractivity contribution in [3.63, 3.8) is 0 Å². The number of pyridine rings is 1. The van der Waals surface area contributed by atoms with Gasteiger partial charge in [0.2, 0.25) is 5.88 Å². The molecule has 17 nitrogen and oxygen atoms in total. The number of aromatic amines is 1. The van der Waals surface area contributed by atoms with E-state index in [0.29, 0.717) is 68.3 Å². The Balaban J connectivity index is 0.831. The molecule has 0 bridgehead atoms. The van der Waals surface area contributed by atoms with Gasteiger partial charge in [0.05, 0.1) is 52.5 Å². The number of carbonyl (C=O) groups is 1. The number of rotatable bonds is 10. The van der Waals surface area contributed by atoms with E-state index in [4.69, 9.17) is 23.9 Å². The molecule has 6 aliphatic heterocycles. The molecule has 3 atom stereocenters. The van der Waals surface area contributed by atoms with Crippen molar-refractivity contribution in [2.75, 3.05) is 74.3 Å². The van der Waals surface area contributed by atoms with E-state index in [1.54, 1.807) is 6.07 Å². The molecule has 5 aromatic rings. The number of nitrogens with one attached hydrogen (secondary N) is 3. The van der Waals surface area contributed by atoms with Crippen LogP contribution in [0.2, 0.25) is 0 Å². The van der Waals surface area contributed by atoms with Crippen molar-refractivity contribution in [1.29, 1.82) is 0 Å². The van der Waals surface area contributed by atoms with E-state index in [2.05, 4.69) is 49.1 Å². The molecule has 4 saturated heterocycles. The van der Waals surface area contributed by atoms with Crippen molar-refractivity contribution in [1.82, 2.24) is 19.6 Å². The SMILES string of the molecule is O=C(NS(=O)(=O)c1ccc(NCC2CCOCC2)c([N+](=O)[O-])c1)c1ccc(N2CCC3(CC2)CC(N2CCCC[C@]24CCOc2ccccc24)C3)cc1N1c2cc3cc[nH]c3nc2O[C@@H]2CCOC[C@H]21. The number of aromatic nitrogens is 2. The maximum Gasteiger partial charge on any atom is 0.293 e. The Hall–Kier alpha value is -5.95. The van der Waals surface area contributed by atoms with Gasteiger partial charge in [0.1, 0.15) is 28.9 Å². The third-order valence-corrected chi connectivity index (χ3v) is 18.0.